The fourth-order valence-electron chi connectivity index (χ4n) is 2.01. The van der Waals surface area contributed by atoms with Gasteiger partial charge in [-0.25, -0.2) is 4.98 Å². The van der Waals surface area contributed by atoms with Crippen molar-refractivity contribution < 1.29 is 4.74 Å². The van der Waals surface area contributed by atoms with Crippen LogP contribution in [0.4, 0.5) is 0 Å². The zero-order chi connectivity index (χ0) is 11.4. The van der Waals surface area contributed by atoms with E-state index in [1.807, 2.05) is 6.07 Å². The third kappa shape index (κ3) is 3.11. The van der Waals surface area contributed by atoms with Gasteiger partial charge in [-0.1, -0.05) is 6.42 Å². The van der Waals surface area contributed by atoms with E-state index in [0.717, 1.165) is 22.9 Å². The minimum Gasteiger partial charge on any atom is -0.474 e. The Hall–Kier alpha value is -0.280. The van der Waals surface area contributed by atoms with Gasteiger partial charge in [0.05, 0.1) is 5.88 Å². The second kappa shape index (κ2) is 5.87. The first kappa shape index (κ1) is 12.2. The molecule has 1 aromatic heterocycles. The largest absolute Gasteiger partial charge is 0.474 e. The van der Waals surface area contributed by atoms with Crippen LogP contribution in [-0.4, -0.2) is 11.1 Å². The summed E-state index contributed by atoms with van der Waals surface area (Å²) in [7, 11) is 0. The minimum absolute atomic E-state index is 0.324. The van der Waals surface area contributed by atoms with Crippen LogP contribution < -0.4 is 4.74 Å². The van der Waals surface area contributed by atoms with E-state index < -0.39 is 0 Å². The van der Waals surface area contributed by atoms with Gasteiger partial charge in [-0.15, -0.1) is 11.6 Å². The molecule has 0 unspecified atom stereocenters. The standard InChI is InChI=1S/C12H15BrClNO/c13-10-6-9(7-14)12(15-8-10)16-11-4-2-1-3-5-11/h6,8,11H,1-5,7H2. The number of halogens is 2. The molecule has 1 aliphatic rings. The van der Waals surface area contributed by atoms with Gasteiger partial charge in [0.1, 0.15) is 6.10 Å². The molecule has 1 fully saturated rings. The van der Waals surface area contributed by atoms with Gasteiger partial charge in [-0.3, -0.25) is 0 Å². The molecule has 2 rings (SSSR count). The summed E-state index contributed by atoms with van der Waals surface area (Å²) >= 11 is 9.27. The highest BCUT2D eigenvalue weighted by atomic mass is 79.9. The summed E-state index contributed by atoms with van der Waals surface area (Å²) in [5.41, 5.74) is 0.960. The van der Waals surface area contributed by atoms with E-state index in [-0.39, 0.29) is 0 Å². The summed E-state index contributed by atoms with van der Waals surface area (Å²) in [4.78, 5) is 4.29. The summed E-state index contributed by atoms with van der Waals surface area (Å²) in [6.07, 6.45) is 8.21. The fraction of sp³-hybridized carbons (Fsp3) is 0.583. The maximum atomic E-state index is 5.92. The topological polar surface area (TPSA) is 22.1 Å². The van der Waals surface area contributed by atoms with Gasteiger partial charge in [-0.2, -0.15) is 0 Å². The Morgan fingerprint density at radius 1 is 1.38 bits per heavy atom. The first-order chi connectivity index (χ1) is 7.79. The van der Waals surface area contributed by atoms with Crippen molar-refractivity contribution in [3.05, 3.63) is 22.3 Å². The van der Waals surface area contributed by atoms with Crippen LogP contribution in [0.25, 0.3) is 0 Å². The third-order valence-electron chi connectivity index (χ3n) is 2.87. The lowest BCUT2D eigenvalue weighted by atomic mass is 9.98. The summed E-state index contributed by atoms with van der Waals surface area (Å²) in [5.74, 6) is 1.14. The van der Waals surface area contributed by atoms with Crippen molar-refractivity contribution in [3.63, 3.8) is 0 Å². The SMILES string of the molecule is ClCc1cc(Br)cnc1OC1CCCCC1. The number of rotatable bonds is 3. The van der Waals surface area contributed by atoms with Crippen LogP contribution in [0.3, 0.4) is 0 Å². The first-order valence-corrected chi connectivity index (χ1v) is 6.99. The van der Waals surface area contributed by atoms with Crippen molar-refractivity contribution in [1.82, 2.24) is 4.98 Å². The average molecular weight is 305 g/mol. The van der Waals surface area contributed by atoms with E-state index in [4.69, 9.17) is 16.3 Å². The van der Waals surface area contributed by atoms with Crippen molar-refractivity contribution >= 4 is 27.5 Å². The molecule has 0 aliphatic heterocycles. The zero-order valence-electron chi connectivity index (χ0n) is 9.09. The molecule has 16 heavy (non-hydrogen) atoms. The van der Waals surface area contributed by atoms with Crippen LogP contribution in [-0.2, 0) is 5.88 Å². The van der Waals surface area contributed by atoms with Crippen LogP contribution in [0.2, 0.25) is 0 Å². The van der Waals surface area contributed by atoms with Gasteiger partial charge < -0.3 is 4.74 Å². The highest BCUT2D eigenvalue weighted by molar-refractivity contribution is 9.10. The van der Waals surface area contributed by atoms with E-state index >= 15 is 0 Å². The van der Waals surface area contributed by atoms with Crippen molar-refractivity contribution in [3.8, 4) is 5.88 Å². The molecule has 0 radical (unpaired) electrons. The van der Waals surface area contributed by atoms with E-state index in [2.05, 4.69) is 20.9 Å². The second-order valence-electron chi connectivity index (χ2n) is 4.13. The molecule has 0 amide bonds. The Morgan fingerprint density at radius 2 is 2.12 bits per heavy atom. The number of aromatic nitrogens is 1. The number of alkyl halides is 1. The first-order valence-electron chi connectivity index (χ1n) is 5.66. The lowest BCUT2D eigenvalue weighted by Gasteiger charge is -2.23. The fourth-order valence-corrected chi connectivity index (χ4v) is 2.58. The van der Waals surface area contributed by atoms with E-state index in [1.165, 1.54) is 19.3 Å². The molecule has 0 atom stereocenters. The highest BCUT2D eigenvalue weighted by Gasteiger charge is 2.17. The van der Waals surface area contributed by atoms with Crippen molar-refractivity contribution in [1.29, 1.82) is 0 Å². The predicted octanol–water partition coefficient (Wildman–Crippen LogP) is 4.29. The highest BCUT2D eigenvalue weighted by Crippen LogP contribution is 2.26. The Labute approximate surface area is 109 Å². The van der Waals surface area contributed by atoms with Crippen LogP contribution in [0.5, 0.6) is 5.88 Å². The van der Waals surface area contributed by atoms with Crippen molar-refractivity contribution in [2.45, 2.75) is 44.1 Å². The van der Waals surface area contributed by atoms with E-state index in [0.29, 0.717) is 17.9 Å². The average Bonchev–Trinajstić information content (AvgIpc) is 2.33. The number of pyridine rings is 1. The number of nitrogens with zero attached hydrogens (tertiary/aromatic N) is 1. The molecule has 1 aliphatic carbocycles. The normalized spacial score (nSPS) is 17.4. The van der Waals surface area contributed by atoms with Crippen LogP contribution in [0, 0.1) is 0 Å². The molecule has 0 aromatic carbocycles. The van der Waals surface area contributed by atoms with Crippen LogP contribution in [0.1, 0.15) is 37.7 Å². The minimum atomic E-state index is 0.324. The molecule has 1 aromatic rings. The molecular formula is C12H15BrClNO. The van der Waals surface area contributed by atoms with Gasteiger partial charge in [0, 0.05) is 16.2 Å². The number of hydrogen-bond acceptors (Lipinski definition) is 2. The lowest BCUT2D eigenvalue weighted by Crippen LogP contribution is -2.20. The molecule has 2 nitrogen and oxygen atoms in total. The summed E-state index contributed by atoms with van der Waals surface area (Å²) in [6.45, 7) is 0. The lowest BCUT2D eigenvalue weighted by molar-refractivity contribution is 0.147. The van der Waals surface area contributed by atoms with E-state index in [1.54, 1.807) is 6.20 Å². The van der Waals surface area contributed by atoms with Gasteiger partial charge in [0.15, 0.2) is 0 Å². The van der Waals surface area contributed by atoms with Gasteiger partial charge in [0.2, 0.25) is 5.88 Å². The Kier molecular flexibility index (Phi) is 4.47. The predicted molar refractivity (Wildman–Crippen MR) is 69.0 cm³/mol. The Balaban J connectivity index is 2.07. The van der Waals surface area contributed by atoms with Crippen LogP contribution >= 0.6 is 27.5 Å². The summed E-state index contributed by atoms with van der Waals surface area (Å²) in [6, 6.07) is 1.97. The van der Waals surface area contributed by atoms with Gasteiger partial charge in [0.25, 0.3) is 0 Å². The van der Waals surface area contributed by atoms with Crippen LogP contribution in [0.15, 0.2) is 16.7 Å². The maximum Gasteiger partial charge on any atom is 0.218 e. The zero-order valence-corrected chi connectivity index (χ0v) is 11.4. The van der Waals surface area contributed by atoms with Gasteiger partial charge in [-0.05, 0) is 47.7 Å². The smallest absolute Gasteiger partial charge is 0.218 e. The molecule has 1 saturated carbocycles. The Morgan fingerprint density at radius 3 is 2.81 bits per heavy atom. The molecule has 0 bridgehead atoms. The number of hydrogen-bond donors (Lipinski definition) is 0. The van der Waals surface area contributed by atoms with Crippen molar-refractivity contribution in [2.75, 3.05) is 0 Å². The molecule has 0 N–H and O–H groups in total. The molecule has 88 valence electrons. The summed E-state index contributed by atoms with van der Waals surface area (Å²) < 4.78 is 6.86. The summed E-state index contributed by atoms with van der Waals surface area (Å²) in [5, 5.41) is 0. The number of ether oxygens (including phenoxy) is 1. The molecule has 4 heteroatoms. The third-order valence-corrected chi connectivity index (χ3v) is 3.59. The Bertz CT molecular complexity index is 353. The van der Waals surface area contributed by atoms with Gasteiger partial charge >= 0.3 is 0 Å². The molecular weight excluding hydrogens is 289 g/mol. The monoisotopic (exact) mass is 303 g/mol. The van der Waals surface area contributed by atoms with Crippen molar-refractivity contribution in [2.24, 2.45) is 0 Å². The van der Waals surface area contributed by atoms with E-state index in [9.17, 15) is 0 Å². The molecule has 1 heterocycles. The maximum absolute atomic E-state index is 5.92. The quantitative estimate of drug-likeness (QED) is 0.777. The second-order valence-corrected chi connectivity index (χ2v) is 5.31. The molecule has 0 saturated heterocycles. The molecule has 0 spiro atoms.